The topological polar surface area (TPSA) is 23.5 Å². The SMILES string of the molecule is CN(C)c1cc(I)c(O)c(I)c1. The van der Waals surface area contributed by atoms with Crippen molar-refractivity contribution in [2.24, 2.45) is 0 Å². The van der Waals surface area contributed by atoms with Crippen molar-refractivity contribution in [1.29, 1.82) is 0 Å². The van der Waals surface area contributed by atoms with E-state index in [1.54, 1.807) is 0 Å². The summed E-state index contributed by atoms with van der Waals surface area (Å²) < 4.78 is 1.78. The number of rotatable bonds is 1. The Morgan fingerprint density at radius 3 is 1.92 bits per heavy atom. The molecule has 0 aliphatic carbocycles. The average Bonchev–Trinajstić information content (AvgIpc) is 1.99. The summed E-state index contributed by atoms with van der Waals surface area (Å²) in [7, 11) is 3.97. The molecule has 66 valence electrons. The number of anilines is 1. The fourth-order valence-corrected chi connectivity index (χ4v) is 2.55. The molecule has 0 saturated carbocycles. The second kappa shape index (κ2) is 3.99. The van der Waals surface area contributed by atoms with Crippen LogP contribution in [0.5, 0.6) is 5.75 Å². The van der Waals surface area contributed by atoms with Gasteiger partial charge in [0.25, 0.3) is 0 Å². The Hall–Kier alpha value is 0.280. The van der Waals surface area contributed by atoms with Gasteiger partial charge in [0.15, 0.2) is 0 Å². The zero-order valence-corrected chi connectivity index (χ0v) is 11.1. The fourth-order valence-electron chi connectivity index (χ4n) is 0.810. The van der Waals surface area contributed by atoms with Gasteiger partial charge < -0.3 is 10.0 Å². The predicted molar refractivity (Wildman–Crippen MR) is 67.9 cm³/mol. The lowest BCUT2D eigenvalue weighted by atomic mass is 10.3. The Morgan fingerprint density at radius 2 is 1.58 bits per heavy atom. The van der Waals surface area contributed by atoms with E-state index in [0.29, 0.717) is 5.75 Å². The molecule has 0 heterocycles. The first-order valence-corrected chi connectivity index (χ1v) is 5.53. The molecule has 0 fully saturated rings. The molecule has 1 rings (SSSR count). The standard InChI is InChI=1S/C8H9I2NO/c1-11(2)5-3-6(9)8(12)7(10)4-5/h3-4,12H,1-2H3. The van der Waals surface area contributed by atoms with Crippen LogP contribution in [0.4, 0.5) is 5.69 Å². The minimum atomic E-state index is 0.377. The van der Waals surface area contributed by atoms with Crippen LogP contribution in [0, 0.1) is 7.14 Å². The first-order valence-electron chi connectivity index (χ1n) is 3.37. The molecule has 0 amide bonds. The summed E-state index contributed by atoms with van der Waals surface area (Å²) in [4.78, 5) is 2.02. The largest absolute Gasteiger partial charge is 0.506 e. The average molecular weight is 389 g/mol. The van der Waals surface area contributed by atoms with Gasteiger partial charge in [0.05, 0.1) is 7.14 Å². The van der Waals surface area contributed by atoms with Crippen molar-refractivity contribution >= 4 is 50.9 Å². The maximum Gasteiger partial charge on any atom is 0.142 e. The molecule has 1 aromatic rings. The zero-order chi connectivity index (χ0) is 9.30. The van der Waals surface area contributed by atoms with Crippen LogP contribution in [-0.2, 0) is 0 Å². The maximum absolute atomic E-state index is 9.48. The van der Waals surface area contributed by atoms with E-state index in [1.807, 2.05) is 31.1 Å². The monoisotopic (exact) mass is 389 g/mol. The first kappa shape index (κ1) is 10.4. The third kappa shape index (κ3) is 2.15. The Labute approximate surface area is 99.2 Å². The highest BCUT2D eigenvalue weighted by molar-refractivity contribution is 14.1. The summed E-state index contributed by atoms with van der Waals surface area (Å²) in [5, 5.41) is 9.48. The number of phenolic OH excluding ortho intramolecular Hbond substituents is 1. The molecule has 4 heteroatoms. The van der Waals surface area contributed by atoms with Crippen LogP contribution >= 0.6 is 45.2 Å². The molecule has 0 spiro atoms. The summed E-state index contributed by atoms with van der Waals surface area (Å²) in [6.07, 6.45) is 0. The highest BCUT2D eigenvalue weighted by Gasteiger charge is 2.05. The van der Waals surface area contributed by atoms with Gasteiger partial charge in [0.1, 0.15) is 5.75 Å². The third-order valence-electron chi connectivity index (χ3n) is 1.52. The highest BCUT2D eigenvalue weighted by Crippen LogP contribution is 2.30. The number of benzene rings is 1. The second-order valence-corrected chi connectivity index (χ2v) is 4.98. The summed E-state index contributed by atoms with van der Waals surface area (Å²) in [6.45, 7) is 0. The molecule has 0 aliphatic heterocycles. The van der Waals surface area contributed by atoms with Crippen LogP contribution in [0.2, 0.25) is 0 Å². The molecule has 0 aliphatic rings. The summed E-state index contributed by atoms with van der Waals surface area (Å²) in [5.41, 5.74) is 1.11. The van der Waals surface area contributed by atoms with Gasteiger partial charge in [0, 0.05) is 19.8 Å². The number of hydrogen-bond donors (Lipinski definition) is 1. The zero-order valence-electron chi connectivity index (χ0n) is 6.81. The third-order valence-corrected chi connectivity index (χ3v) is 3.16. The van der Waals surface area contributed by atoms with Gasteiger partial charge in [-0.05, 0) is 57.3 Å². The van der Waals surface area contributed by atoms with Crippen LogP contribution in [-0.4, -0.2) is 19.2 Å². The van der Waals surface area contributed by atoms with Gasteiger partial charge in [0.2, 0.25) is 0 Å². The maximum atomic E-state index is 9.48. The van der Waals surface area contributed by atoms with Crippen molar-refractivity contribution in [2.75, 3.05) is 19.0 Å². The van der Waals surface area contributed by atoms with Crippen molar-refractivity contribution < 1.29 is 5.11 Å². The van der Waals surface area contributed by atoms with E-state index in [9.17, 15) is 5.11 Å². The minimum absolute atomic E-state index is 0.377. The van der Waals surface area contributed by atoms with Gasteiger partial charge in [-0.1, -0.05) is 0 Å². The molecule has 0 unspecified atom stereocenters. The first-order chi connectivity index (χ1) is 5.52. The Morgan fingerprint density at radius 1 is 1.17 bits per heavy atom. The minimum Gasteiger partial charge on any atom is -0.506 e. The lowest BCUT2D eigenvalue weighted by Crippen LogP contribution is -2.08. The molecule has 1 N–H and O–H groups in total. The van der Waals surface area contributed by atoms with Crippen LogP contribution in [0.1, 0.15) is 0 Å². The fraction of sp³-hybridized carbons (Fsp3) is 0.250. The predicted octanol–water partition coefficient (Wildman–Crippen LogP) is 2.67. The van der Waals surface area contributed by atoms with Crippen LogP contribution in [0.15, 0.2) is 12.1 Å². The molecule has 0 aromatic heterocycles. The molecule has 12 heavy (non-hydrogen) atoms. The molecule has 0 radical (unpaired) electrons. The molecule has 0 atom stereocenters. The van der Waals surface area contributed by atoms with Gasteiger partial charge in [-0.2, -0.15) is 0 Å². The van der Waals surface area contributed by atoms with Gasteiger partial charge in [-0.25, -0.2) is 0 Å². The van der Waals surface area contributed by atoms with E-state index < -0.39 is 0 Å². The lowest BCUT2D eigenvalue weighted by molar-refractivity contribution is 0.467. The molecular formula is C8H9I2NO. The van der Waals surface area contributed by atoms with Crippen molar-refractivity contribution in [3.05, 3.63) is 19.3 Å². The van der Waals surface area contributed by atoms with E-state index in [4.69, 9.17) is 0 Å². The van der Waals surface area contributed by atoms with Crippen LogP contribution in [0.3, 0.4) is 0 Å². The van der Waals surface area contributed by atoms with Crippen molar-refractivity contribution in [1.82, 2.24) is 0 Å². The van der Waals surface area contributed by atoms with E-state index >= 15 is 0 Å². The van der Waals surface area contributed by atoms with E-state index in [1.165, 1.54) is 0 Å². The molecule has 0 bridgehead atoms. The molecule has 0 saturated heterocycles. The number of halogens is 2. The second-order valence-electron chi connectivity index (χ2n) is 2.65. The van der Waals surface area contributed by atoms with Gasteiger partial charge in [-0.3, -0.25) is 0 Å². The highest BCUT2D eigenvalue weighted by atomic mass is 127. The van der Waals surface area contributed by atoms with Crippen LogP contribution < -0.4 is 4.90 Å². The van der Waals surface area contributed by atoms with E-state index in [-0.39, 0.29) is 0 Å². The number of hydrogen-bond acceptors (Lipinski definition) is 2. The van der Waals surface area contributed by atoms with E-state index in [2.05, 4.69) is 45.2 Å². The summed E-state index contributed by atoms with van der Waals surface area (Å²) in [5.74, 6) is 0.377. The van der Waals surface area contributed by atoms with Crippen molar-refractivity contribution in [3.63, 3.8) is 0 Å². The Bertz CT molecular complexity index is 276. The smallest absolute Gasteiger partial charge is 0.142 e. The van der Waals surface area contributed by atoms with Crippen molar-refractivity contribution in [2.45, 2.75) is 0 Å². The molecule has 2 nitrogen and oxygen atoms in total. The van der Waals surface area contributed by atoms with Crippen LogP contribution in [0.25, 0.3) is 0 Å². The lowest BCUT2D eigenvalue weighted by Gasteiger charge is -2.13. The molecular weight excluding hydrogens is 380 g/mol. The summed E-state index contributed by atoms with van der Waals surface area (Å²) >= 11 is 4.25. The normalized spacial score (nSPS) is 10.0. The Kier molecular flexibility index (Phi) is 3.45. The number of phenols is 1. The van der Waals surface area contributed by atoms with Gasteiger partial charge >= 0.3 is 0 Å². The summed E-state index contributed by atoms with van der Waals surface area (Å²) in [6, 6.07) is 3.91. The molecule has 1 aromatic carbocycles. The Balaban J connectivity index is 3.21. The van der Waals surface area contributed by atoms with Crippen molar-refractivity contribution in [3.8, 4) is 5.75 Å². The quantitative estimate of drug-likeness (QED) is 0.748. The number of aromatic hydroxyl groups is 1. The van der Waals surface area contributed by atoms with E-state index in [0.717, 1.165) is 12.8 Å². The van der Waals surface area contributed by atoms with Gasteiger partial charge in [-0.15, -0.1) is 0 Å². The number of nitrogens with zero attached hydrogens (tertiary/aromatic N) is 1.